The number of fused-ring (bicyclic) bond motifs is 1. The van der Waals surface area contributed by atoms with Crippen LogP contribution in [0.15, 0.2) is 54.6 Å². The lowest BCUT2D eigenvalue weighted by Crippen LogP contribution is -2.33. The van der Waals surface area contributed by atoms with E-state index in [1.54, 1.807) is 0 Å². The molecule has 0 aliphatic heterocycles. The Kier molecular flexibility index (Phi) is 5.38. The van der Waals surface area contributed by atoms with Crippen molar-refractivity contribution in [1.82, 2.24) is 9.88 Å². The van der Waals surface area contributed by atoms with Crippen molar-refractivity contribution in [3.05, 3.63) is 65.3 Å². The Morgan fingerprint density at radius 3 is 2.52 bits per heavy atom. The molecule has 3 aromatic rings. The molecule has 2 aromatic carbocycles. The molecule has 0 saturated carbocycles. The van der Waals surface area contributed by atoms with Crippen molar-refractivity contribution in [3.63, 3.8) is 0 Å². The summed E-state index contributed by atoms with van der Waals surface area (Å²) in [7, 11) is 1.92. The van der Waals surface area contributed by atoms with Crippen molar-refractivity contribution in [2.24, 2.45) is 0 Å². The van der Waals surface area contributed by atoms with Gasteiger partial charge >= 0.3 is 0 Å². The summed E-state index contributed by atoms with van der Waals surface area (Å²) >= 11 is 6.41. The number of rotatable bonds is 5. The van der Waals surface area contributed by atoms with E-state index in [2.05, 4.69) is 13.8 Å². The monoisotopic (exact) mass is 354 g/mol. The normalized spacial score (nSPS) is 14.0. The van der Waals surface area contributed by atoms with Gasteiger partial charge in [0.05, 0.1) is 11.4 Å². The van der Waals surface area contributed by atoms with E-state index in [1.165, 1.54) is 0 Å². The van der Waals surface area contributed by atoms with Crippen LogP contribution in [0.4, 0.5) is 0 Å². The second kappa shape index (κ2) is 7.52. The van der Waals surface area contributed by atoms with Crippen LogP contribution in [0.2, 0.25) is 5.02 Å². The highest BCUT2D eigenvalue weighted by Gasteiger charge is 2.21. The van der Waals surface area contributed by atoms with Gasteiger partial charge in [-0.3, -0.25) is 4.90 Å². The molecule has 3 nitrogen and oxygen atoms in total. The number of benzene rings is 2. The first-order valence-electron chi connectivity index (χ1n) is 8.57. The van der Waals surface area contributed by atoms with Crippen LogP contribution < -0.4 is 0 Å². The Bertz CT molecular complexity index is 881. The Morgan fingerprint density at radius 2 is 1.80 bits per heavy atom. The van der Waals surface area contributed by atoms with Crippen LogP contribution >= 0.6 is 11.6 Å². The van der Waals surface area contributed by atoms with Crippen LogP contribution in [0.3, 0.4) is 0 Å². The molecule has 0 spiro atoms. The third-order valence-electron chi connectivity index (χ3n) is 4.83. The summed E-state index contributed by atoms with van der Waals surface area (Å²) in [5.41, 5.74) is 2.31. The molecule has 0 aliphatic rings. The number of hydrogen-bond donors (Lipinski definition) is 1. The first-order valence-corrected chi connectivity index (χ1v) is 8.95. The molecule has 1 aromatic heterocycles. The zero-order chi connectivity index (χ0) is 18.0. The maximum Gasteiger partial charge on any atom is 0.150 e. The summed E-state index contributed by atoms with van der Waals surface area (Å²) in [5, 5.41) is 13.5. The van der Waals surface area contributed by atoms with E-state index in [4.69, 9.17) is 16.6 Å². The zero-order valence-corrected chi connectivity index (χ0v) is 15.5. The summed E-state index contributed by atoms with van der Waals surface area (Å²) in [6.45, 7) is 4.20. The minimum atomic E-state index is -0.763. The predicted molar refractivity (Wildman–Crippen MR) is 105 cm³/mol. The van der Waals surface area contributed by atoms with Crippen LogP contribution in [-0.4, -0.2) is 28.1 Å². The topological polar surface area (TPSA) is 36.4 Å². The van der Waals surface area contributed by atoms with E-state index in [1.807, 2.05) is 66.5 Å². The quantitative estimate of drug-likeness (QED) is 0.633. The lowest BCUT2D eigenvalue weighted by molar-refractivity contribution is -0.00736. The van der Waals surface area contributed by atoms with E-state index in [0.717, 1.165) is 28.5 Å². The van der Waals surface area contributed by atoms with Gasteiger partial charge in [0.25, 0.3) is 0 Å². The molecule has 0 amide bonds. The molecule has 1 N–H and O–H groups in total. The first-order chi connectivity index (χ1) is 12.0. The lowest BCUT2D eigenvalue weighted by Gasteiger charge is -2.29. The summed E-state index contributed by atoms with van der Waals surface area (Å²) in [5.74, 6) is 0. The summed E-state index contributed by atoms with van der Waals surface area (Å²) in [6.07, 6.45) is 0.194. The van der Waals surface area contributed by atoms with Gasteiger partial charge in [0.2, 0.25) is 0 Å². The molecule has 0 fully saturated rings. The van der Waals surface area contributed by atoms with Gasteiger partial charge in [0.1, 0.15) is 0 Å². The van der Waals surface area contributed by atoms with Crippen molar-refractivity contribution in [2.75, 3.05) is 7.05 Å². The van der Waals surface area contributed by atoms with Gasteiger partial charge in [-0.05, 0) is 37.9 Å². The minimum Gasteiger partial charge on any atom is -0.372 e. The van der Waals surface area contributed by atoms with Crippen LogP contribution in [0, 0.1) is 0 Å². The van der Waals surface area contributed by atoms with E-state index in [0.29, 0.717) is 10.7 Å². The smallest absolute Gasteiger partial charge is 0.150 e. The lowest BCUT2D eigenvalue weighted by atomic mass is 10.0. The summed E-state index contributed by atoms with van der Waals surface area (Å²) < 4.78 is 0. The fourth-order valence-electron chi connectivity index (χ4n) is 2.95. The van der Waals surface area contributed by atoms with E-state index < -0.39 is 6.23 Å². The number of hydrogen-bond acceptors (Lipinski definition) is 3. The number of pyridine rings is 1. The molecule has 2 atom stereocenters. The fraction of sp³-hybridized carbons (Fsp3) is 0.286. The van der Waals surface area contributed by atoms with Crippen molar-refractivity contribution in [3.8, 4) is 11.3 Å². The number of halogens is 1. The number of aromatic nitrogens is 1. The molecule has 4 heteroatoms. The highest BCUT2D eigenvalue weighted by Crippen LogP contribution is 2.34. The van der Waals surface area contributed by atoms with Crippen LogP contribution in [0.1, 0.15) is 32.2 Å². The molecule has 2 unspecified atom stereocenters. The van der Waals surface area contributed by atoms with Gasteiger partial charge in [-0.15, -0.1) is 0 Å². The van der Waals surface area contributed by atoms with Crippen LogP contribution in [0.25, 0.3) is 22.0 Å². The maximum absolute atomic E-state index is 10.8. The Balaban J connectivity index is 2.18. The van der Waals surface area contributed by atoms with Gasteiger partial charge in [-0.2, -0.15) is 0 Å². The molecule has 0 radical (unpaired) electrons. The van der Waals surface area contributed by atoms with E-state index in [-0.39, 0.29) is 6.04 Å². The van der Waals surface area contributed by atoms with Gasteiger partial charge < -0.3 is 5.11 Å². The van der Waals surface area contributed by atoms with Crippen LogP contribution in [0.5, 0.6) is 0 Å². The Labute approximate surface area is 153 Å². The predicted octanol–water partition coefficient (Wildman–Crippen LogP) is 5.28. The molecule has 130 valence electrons. The molecular weight excluding hydrogens is 332 g/mol. The molecule has 1 heterocycles. The summed E-state index contributed by atoms with van der Waals surface area (Å²) in [6, 6.07) is 18.0. The highest BCUT2D eigenvalue weighted by atomic mass is 35.5. The molecule has 25 heavy (non-hydrogen) atoms. The highest BCUT2D eigenvalue weighted by molar-refractivity contribution is 6.33. The van der Waals surface area contributed by atoms with Gasteiger partial charge in [-0.25, -0.2) is 4.98 Å². The SMILES string of the molecule is CCC(C)N(C)C(O)c1cc2ccccc2c(-c2ccccc2Cl)n1. The zero-order valence-electron chi connectivity index (χ0n) is 14.8. The van der Waals surface area contributed by atoms with Crippen molar-refractivity contribution < 1.29 is 5.11 Å². The Hall–Kier alpha value is -1.94. The average molecular weight is 355 g/mol. The maximum atomic E-state index is 10.8. The molecular formula is C21H23ClN2O. The molecule has 0 saturated heterocycles. The second-order valence-electron chi connectivity index (χ2n) is 6.39. The van der Waals surface area contributed by atoms with E-state index >= 15 is 0 Å². The molecule has 0 bridgehead atoms. The number of aliphatic hydroxyl groups excluding tert-OH is 1. The fourth-order valence-corrected chi connectivity index (χ4v) is 3.17. The third kappa shape index (κ3) is 3.54. The second-order valence-corrected chi connectivity index (χ2v) is 6.80. The van der Waals surface area contributed by atoms with Gasteiger partial charge in [0, 0.05) is 22.0 Å². The standard InChI is InChI=1S/C21H23ClN2O/c1-4-14(2)24(3)21(25)19-13-15-9-5-6-10-16(15)20(23-19)17-11-7-8-12-18(17)22/h5-14,21,25H,4H2,1-3H3. The molecule has 3 rings (SSSR count). The van der Waals surface area contributed by atoms with Crippen molar-refractivity contribution in [2.45, 2.75) is 32.5 Å². The van der Waals surface area contributed by atoms with Crippen LogP contribution in [-0.2, 0) is 0 Å². The number of nitrogens with zero attached hydrogens (tertiary/aromatic N) is 2. The largest absolute Gasteiger partial charge is 0.372 e. The van der Waals surface area contributed by atoms with Crippen molar-refractivity contribution >= 4 is 22.4 Å². The molecule has 0 aliphatic carbocycles. The average Bonchev–Trinajstić information content (AvgIpc) is 2.65. The Morgan fingerprint density at radius 1 is 1.12 bits per heavy atom. The summed E-state index contributed by atoms with van der Waals surface area (Å²) in [4.78, 5) is 6.73. The minimum absolute atomic E-state index is 0.257. The van der Waals surface area contributed by atoms with Crippen molar-refractivity contribution in [1.29, 1.82) is 0 Å². The van der Waals surface area contributed by atoms with Gasteiger partial charge in [0.15, 0.2) is 6.23 Å². The van der Waals surface area contributed by atoms with E-state index in [9.17, 15) is 5.11 Å². The third-order valence-corrected chi connectivity index (χ3v) is 5.16. The number of aliphatic hydroxyl groups is 1. The first kappa shape index (κ1) is 17.9. The van der Waals surface area contributed by atoms with Gasteiger partial charge in [-0.1, -0.05) is 61.0 Å².